The van der Waals surface area contributed by atoms with Crippen molar-refractivity contribution >= 4 is 21.4 Å². The number of hydrogen-bond donors (Lipinski definition) is 0. The predicted molar refractivity (Wildman–Crippen MR) is 105 cm³/mol. The minimum Gasteiger partial charge on any atom is -0.369 e. The van der Waals surface area contributed by atoms with Crippen LogP contribution in [-0.4, -0.2) is 67.4 Å². The van der Waals surface area contributed by atoms with Crippen LogP contribution in [0.2, 0.25) is 0 Å². The van der Waals surface area contributed by atoms with Crippen LogP contribution in [0.5, 0.6) is 0 Å². The fourth-order valence-electron chi connectivity index (χ4n) is 3.20. The number of aromatic nitrogens is 2. The van der Waals surface area contributed by atoms with Crippen molar-refractivity contribution in [3.63, 3.8) is 0 Å². The van der Waals surface area contributed by atoms with Crippen molar-refractivity contribution in [1.82, 2.24) is 14.9 Å². The van der Waals surface area contributed by atoms with E-state index in [0.29, 0.717) is 18.5 Å². The molecule has 1 unspecified atom stereocenters. The van der Waals surface area contributed by atoms with Gasteiger partial charge in [0.05, 0.1) is 29.0 Å². The first-order valence-electron chi connectivity index (χ1n) is 8.88. The van der Waals surface area contributed by atoms with Crippen molar-refractivity contribution in [2.75, 3.05) is 37.0 Å². The van der Waals surface area contributed by atoms with Crippen LogP contribution < -0.4 is 4.90 Å². The monoisotopic (exact) mass is 388 g/mol. The summed E-state index contributed by atoms with van der Waals surface area (Å²) in [4.78, 5) is 24.5. The SMILES string of the molecule is CN(CCc1ccncc1)C(=O)c1cncc(N(C)C2CCS(=O)(=O)C2)c1. The van der Waals surface area contributed by atoms with Crippen LogP contribution in [-0.2, 0) is 16.3 Å². The Balaban J connectivity index is 1.66. The molecule has 0 spiro atoms. The average Bonchev–Trinajstić information content (AvgIpc) is 3.05. The number of carbonyl (C=O) groups excluding carboxylic acids is 1. The first-order chi connectivity index (χ1) is 12.9. The first-order valence-corrected chi connectivity index (χ1v) is 10.7. The minimum atomic E-state index is -2.96. The molecule has 27 heavy (non-hydrogen) atoms. The highest BCUT2D eigenvalue weighted by Crippen LogP contribution is 2.23. The Labute approximate surface area is 160 Å². The Hall–Kier alpha value is -2.48. The number of rotatable bonds is 6. The molecule has 1 aliphatic heterocycles. The molecule has 1 atom stereocenters. The van der Waals surface area contributed by atoms with Crippen molar-refractivity contribution < 1.29 is 13.2 Å². The number of carbonyl (C=O) groups is 1. The smallest absolute Gasteiger partial charge is 0.255 e. The summed E-state index contributed by atoms with van der Waals surface area (Å²) in [5, 5.41) is 0. The Morgan fingerprint density at radius 3 is 2.59 bits per heavy atom. The molecule has 0 saturated carbocycles. The molecule has 0 N–H and O–H groups in total. The normalized spacial score (nSPS) is 18.2. The summed E-state index contributed by atoms with van der Waals surface area (Å²) in [5.74, 6) is 0.255. The summed E-state index contributed by atoms with van der Waals surface area (Å²) in [6.45, 7) is 0.587. The third-order valence-corrected chi connectivity index (χ3v) is 6.72. The van der Waals surface area contributed by atoms with E-state index in [1.165, 1.54) is 0 Å². The van der Waals surface area contributed by atoms with Crippen molar-refractivity contribution in [3.05, 3.63) is 54.1 Å². The van der Waals surface area contributed by atoms with Crippen molar-refractivity contribution in [1.29, 1.82) is 0 Å². The number of anilines is 1. The van der Waals surface area contributed by atoms with Crippen LogP contribution in [0, 0.1) is 0 Å². The van der Waals surface area contributed by atoms with Gasteiger partial charge in [0.2, 0.25) is 0 Å². The van der Waals surface area contributed by atoms with Gasteiger partial charge in [-0.25, -0.2) is 8.42 Å². The highest BCUT2D eigenvalue weighted by molar-refractivity contribution is 7.91. The largest absolute Gasteiger partial charge is 0.369 e. The van der Waals surface area contributed by atoms with Gasteiger partial charge in [0.1, 0.15) is 0 Å². The molecule has 2 aromatic heterocycles. The lowest BCUT2D eigenvalue weighted by atomic mass is 10.1. The molecule has 0 radical (unpaired) electrons. The second kappa shape index (κ2) is 8.04. The van der Waals surface area contributed by atoms with E-state index in [2.05, 4.69) is 9.97 Å². The standard InChI is InChI=1S/C19H24N4O3S/c1-22(9-5-15-3-7-20-8-4-15)19(24)16-11-18(13-21-12-16)23(2)17-6-10-27(25,26)14-17/h3-4,7-8,11-13,17H,5-6,9-10,14H2,1-2H3. The molecule has 1 fully saturated rings. The van der Waals surface area contributed by atoms with Gasteiger partial charge in [-0.05, 0) is 36.6 Å². The van der Waals surface area contributed by atoms with Crippen LogP contribution in [0.3, 0.4) is 0 Å². The zero-order valence-electron chi connectivity index (χ0n) is 15.6. The van der Waals surface area contributed by atoms with E-state index in [9.17, 15) is 13.2 Å². The first kappa shape index (κ1) is 19.3. The molecule has 8 heteroatoms. The number of sulfone groups is 1. The van der Waals surface area contributed by atoms with E-state index in [1.54, 1.807) is 42.8 Å². The van der Waals surface area contributed by atoms with Crippen molar-refractivity contribution in [2.45, 2.75) is 18.9 Å². The Kier molecular flexibility index (Phi) is 5.74. The van der Waals surface area contributed by atoms with Gasteiger partial charge in [-0.2, -0.15) is 0 Å². The van der Waals surface area contributed by atoms with Crippen LogP contribution >= 0.6 is 0 Å². The van der Waals surface area contributed by atoms with Crippen molar-refractivity contribution in [3.8, 4) is 0 Å². The fraction of sp³-hybridized carbons (Fsp3) is 0.421. The number of pyridine rings is 2. The highest BCUT2D eigenvalue weighted by Gasteiger charge is 2.31. The Morgan fingerprint density at radius 2 is 1.93 bits per heavy atom. The van der Waals surface area contributed by atoms with Gasteiger partial charge in [-0.15, -0.1) is 0 Å². The molecule has 1 saturated heterocycles. The molecule has 1 amide bonds. The molecule has 0 aliphatic carbocycles. The van der Waals surface area contributed by atoms with Gasteiger partial charge >= 0.3 is 0 Å². The van der Waals surface area contributed by atoms with Gasteiger partial charge < -0.3 is 9.80 Å². The molecule has 3 heterocycles. The molecular weight excluding hydrogens is 364 g/mol. The number of amides is 1. The molecule has 1 aliphatic rings. The lowest BCUT2D eigenvalue weighted by Crippen LogP contribution is -2.33. The van der Waals surface area contributed by atoms with Gasteiger partial charge in [-0.3, -0.25) is 14.8 Å². The molecule has 2 aromatic rings. The van der Waals surface area contributed by atoms with E-state index in [1.807, 2.05) is 24.1 Å². The zero-order valence-corrected chi connectivity index (χ0v) is 16.4. The average molecular weight is 388 g/mol. The third-order valence-electron chi connectivity index (χ3n) is 4.97. The quantitative estimate of drug-likeness (QED) is 0.744. The van der Waals surface area contributed by atoms with E-state index in [4.69, 9.17) is 0 Å². The number of nitrogens with zero attached hydrogens (tertiary/aromatic N) is 4. The van der Waals surface area contributed by atoms with Gasteiger partial charge in [0.15, 0.2) is 9.84 Å². The minimum absolute atomic E-state index is 0.0772. The molecular formula is C19H24N4O3S. The highest BCUT2D eigenvalue weighted by atomic mass is 32.2. The summed E-state index contributed by atoms with van der Waals surface area (Å²) in [6.07, 6.45) is 8.04. The second-order valence-corrected chi connectivity index (χ2v) is 9.16. The van der Waals surface area contributed by atoms with E-state index < -0.39 is 9.84 Å². The zero-order chi connectivity index (χ0) is 19.4. The van der Waals surface area contributed by atoms with Crippen LogP contribution in [0.25, 0.3) is 0 Å². The lowest BCUT2D eigenvalue weighted by molar-refractivity contribution is 0.0796. The Morgan fingerprint density at radius 1 is 1.19 bits per heavy atom. The predicted octanol–water partition coefficient (Wildman–Crippen LogP) is 1.41. The number of likely N-dealkylation sites (N-methyl/N-ethyl adjacent to an activating group) is 1. The van der Waals surface area contributed by atoms with Gasteiger partial charge in [0.25, 0.3) is 5.91 Å². The number of hydrogen-bond acceptors (Lipinski definition) is 6. The molecule has 0 bridgehead atoms. The van der Waals surface area contributed by atoms with Crippen LogP contribution in [0.1, 0.15) is 22.3 Å². The van der Waals surface area contributed by atoms with Crippen LogP contribution in [0.4, 0.5) is 5.69 Å². The maximum Gasteiger partial charge on any atom is 0.255 e. The maximum atomic E-state index is 12.7. The molecule has 144 valence electrons. The molecule has 0 aromatic carbocycles. The summed E-state index contributed by atoms with van der Waals surface area (Å²) in [7, 11) is 0.655. The molecule has 3 rings (SSSR count). The summed E-state index contributed by atoms with van der Waals surface area (Å²) in [6, 6.07) is 5.57. The Bertz CT molecular complexity index is 902. The maximum absolute atomic E-state index is 12.7. The lowest BCUT2D eigenvalue weighted by Gasteiger charge is -2.26. The summed E-state index contributed by atoms with van der Waals surface area (Å²) >= 11 is 0. The summed E-state index contributed by atoms with van der Waals surface area (Å²) < 4.78 is 23.4. The summed E-state index contributed by atoms with van der Waals surface area (Å²) in [5.41, 5.74) is 2.38. The fourth-order valence-corrected chi connectivity index (χ4v) is 4.97. The van der Waals surface area contributed by atoms with E-state index >= 15 is 0 Å². The van der Waals surface area contributed by atoms with Gasteiger partial charge in [-0.1, -0.05) is 0 Å². The second-order valence-electron chi connectivity index (χ2n) is 6.93. The molecule has 7 nitrogen and oxygen atoms in total. The van der Waals surface area contributed by atoms with E-state index in [-0.39, 0.29) is 23.5 Å². The van der Waals surface area contributed by atoms with Gasteiger partial charge in [0, 0.05) is 45.3 Å². The topological polar surface area (TPSA) is 83.5 Å². The van der Waals surface area contributed by atoms with Crippen molar-refractivity contribution in [2.24, 2.45) is 0 Å². The third kappa shape index (κ3) is 4.82. The van der Waals surface area contributed by atoms with Crippen LogP contribution in [0.15, 0.2) is 43.0 Å². The van der Waals surface area contributed by atoms with E-state index in [0.717, 1.165) is 17.7 Å².